The van der Waals surface area contributed by atoms with E-state index in [0.717, 1.165) is 60.0 Å². The summed E-state index contributed by atoms with van der Waals surface area (Å²) in [5.74, 6) is 1.19. The molecule has 0 atom stereocenters. The Balaban J connectivity index is 1.16. The van der Waals surface area contributed by atoms with Gasteiger partial charge in [-0.05, 0) is 49.1 Å². The number of fused-ring (bicyclic) bond motifs is 2. The Labute approximate surface area is 186 Å². The van der Waals surface area contributed by atoms with Crippen molar-refractivity contribution in [2.24, 2.45) is 5.92 Å². The highest BCUT2D eigenvalue weighted by Crippen LogP contribution is 2.28. The van der Waals surface area contributed by atoms with E-state index < -0.39 is 0 Å². The van der Waals surface area contributed by atoms with Crippen molar-refractivity contribution >= 4 is 33.5 Å². The van der Waals surface area contributed by atoms with Gasteiger partial charge in [0.25, 0.3) is 0 Å². The van der Waals surface area contributed by atoms with Crippen molar-refractivity contribution in [3.63, 3.8) is 0 Å². The zero-order chi connectivity index (χ0) is 21.9. The highest BCUT2D eigenvalue weighted by atomic mass is 16.3. The van der Waals surface area contributed by atoms with Crippen LogP contribution in [-0.2, 0) is 11.2 Å². The minimum atomic E-state index is 0.0192. The van der Waals surface area contributed by atoms with Gasteiger partial charge in [0, 0.05) is 42.5 Å². The molecule has 0 saturated carbocycles. The van der Waals surface area contributed by atoms with E-state index in [9.17, 15) is 9.90 Å². The molecule has 2 aromatic carbocycles. The summed E-state index contributed by atoms with van der Waals surface area (Å²) in [4.78, 5) is 24.0. The molecule has 32 heavy (non-hydrogen) atoms. The Morgan fingerprint density at radius 1 is 0.969 bits per heavy atom. The average molecular weight is 427 g/mol. The number of nitrogens with zero attached hydrogens (tertiary/aromatic N) is 3. The van der Waals surface area contributed by atoms with Crippen LogP contribution in [0.5, 0.6) is 5.75 Å². The first-order valence-electron chi connectivity index (χ1n) is 11.1. The topological polar surface area (TPSA) is 78.4 Å². The largest absolute Gasteiger partial charge is 0.506 e. The van der Waals surface area contributed by atoms with Crippen LogP contribution >= 0.6 is 0 Å². The van der Waals surface area contributed by atoms with Gasteiger partial charge < -0.3 is 15.3 Å². The summed E-state index contributed by atoms with van der Waals surface area (Å²) < 4.78 is 0. The van der Waals surface area contributed by atoms with Crippen LogP contribution in [0, 0.1) is 5.92 Å². The van der Waals surface area contributed by atoms with Gasteiger partial charge in [0.05, 0.1) is 5.52 Å². The Kier molecular flexibility index (Phi) is 5.58. The van der Waals surface area contributed by atoms with Gasteiger partial charge in [-0.15, -0.1) is 0 Å². The molecule has 0 bridgehead atoms. The molecule has 162 valence electrons. The lowest BCUT2D eigenvalue weighted by Crippen LogP contribution is -2.41. The number of benzene rings is 2. The van der Waals surface area contributed by atoms with Gasteiger partial charge in [0.2, 0.25) is 5.91 Å². The van der Waals surface area contributed by atoms with E-state index in [2.05, 4.69) is 38.4 Å². The fourth-order valence-electron chi connectivity index (χ4n) is 4.50. The molecule has 3 heterocycles. The Morgan fingerprint density at radius 2 is 1.72 bits per heavy atom. The van der Waals surface area contributed by atoms with Gasteiger partial charge >= 0.3 is 0 Å². The number of hydrogen-bond donors (Lipinski definition) is 2. The molecule has 2 aromatic heterocycles. The summed E-state index contributed by atoms with van der Waals surface area (Å²) in [5, 5.41) is 15.3. The molecule has 0 unspecified atom stereocenters. The van der Waals surface area contributed by atoms with E-state index in [1.54, 1.807) is 6.07 Å². The first kappa shape index (κ1) is 20.2. The van der Waals surface area contributed by atoms with Crippen LogP contribution < -0.4 is 10.2 Å². The lowest BCUT2D eigenvalue weighted by Gasteiger charge is -2.32. The third kappa shape index (κ3) is 4.08. The van der Waals surface area contributed by atoms with E-state index in [0.29, 0.717) is 12.1 Å². The number of carbonyl (C=O) groups excluding carboxylic acids is 1. The van der Waals surface area contributed by atoms with Crippen molar-refractivity contribution < 1.29 is 9.90 Å². The lowest BCUT2D eigenvalue weighted by atomic mass is 9.95. The summed E-state index contributed by atoms with van der Waals surface area (Å²) in [6.45, 7) is 2.16. The molecule has 0 radical (unpaired) electrons. The standard InChI is InChI=1S/C26H26N4O2/c31-22-8-2-6-19-9-10-23(29-25(19)22)30-16-12-21(13-17-30)26(32)28-15-11-20-5-1-4-18-7-3-14-27-24(18)20/h1-10,14,21,31H,11-13,15-17H2,(H,28,32). The van der Waals surface area contributed by atoms with Gasteiger partial charge in [-0.25, -0.2) is 4.98 Å². The van der Waals surface area contributed by atoms with Crippen molar-refractivity contribution in [1.29, 1.82) is 0 Å². The van der Waals surface area contributed by atoms with Crippen LogP contribution in [0.2, 0.25) is 0 Å². The molecule has 1 aliphatic heterocycles. The quantitative estimate of drug-likeness (QED) is 0.503. The minimum absolute atomic E-state index is 0.0192. The molecule has 6 heteroatoms. The smallest absolute Gasteiger partial charge is 0.223 e. The van der Waals surface area contributed by atoms with Crippen LogP contribution in [0.4, 0.5) is 5.82 Å². The number of para-hydroxylation sites is 2. The van der Waals surface area contributed by atoms with Gasteiger partial charge in [-0.1, -0.05) is 36.4 Å². The number of pyridine rings is 2. The van der Waals surface area contributed by atoms with Crippen LogP contribution in [0.1, 0.15) is 18.4 Å². The molecule has 1 saturated heterocycles. The van der Waals surface area contributed by atoms with E-state index in [-0.39, 0.29) is 17.6 Å². The SMILES string of the molecule is O=C(NCCc1cccc2cccnc12)C1CCN(c2ccc3cccc(O)c3n2)CC1. The molecule has 0 spiro atoms. The normalized spacial score (nSPS) is 14.7. The number of piperidine rings is 1. The number of anilines is 1. The Hall–Kier alpha value is -3.67. The zero-order valence-electron chi connectivity index (χ0n) is 17.9. The van der Waals surface area contributed by atoms with Gasteiger partial charge in [0.1, 0.15) is 17.1 Å². The van der Waals surface area contributed by atoms with Crippen LogP contribution in [0.15, 0.2) is 66.9 Å². The van der Waals surface area contributed by atoms with Crippen LogP contribution in [0.25, 0.3) is 21.8 Å². The third-order valence-corrected chi connectivity index (χ3v) is 6.28. The van der Waals surface area contributed by atoms with E-state index >= 15 is 0 Å². The molecule has 5 rings (SSSR count). The number of phenolic OH excluding ortho intramolecular Hbond substituents is 1. The van der Waals surface area contributed by atoms with Crippen LogP contribution in [-0.4, -0.2) is 40.6 Å². The second-order valence-corrected chi connectivity index (χ2v) is 8.31. The zero-order valence-corrected chi connectivity index (χ0v) is 17.9. The van der Waals surface area contributed by atoms with E-state index in [1.165, 1.54) is 0 Å². The maximum Gasteiger partial charge on any atom is 0.223 e. The van der Waals surface area contributed by atoms with Crippen molar-refractivity contribution in [3.05, 3.63) is 72.4 Å². The minimum Gasteiger partial charge on any atom is -0.506 e. The summed E-state index contributed by atoms with van der Waals surface area (Å²) >= 11 is 0. The van der Waals surface area contributed by atoms with Crippen LogP contribution in [0.3, 0.4) is 0 Å². The number of amides is 1. The molecular weight excluding hydrogens is 400 g/mol. The fraction of sp³-hybridized carbons (Fsp3) is 0.269. The maximum absolute atomic E-state index is 12.7. The number of rotatable bonds is 5. The highest BCUT2D eigenvalue weighted by molar-refractivity contribution is 5.86. The molecule has 4 aromatic rings. The predicted molar refractivity (Wildman–Crippen MR) is 127 cm³/mol. The molecule has 1 aliphatic rings. The summed E-state index contributed by atoms with van der Waals surface area (Å²) in [5.41, 5.74) is 2.78. The number of carbonyl (C=O) groups is 1. The first-order valence-corrected chi connectivity index (χ1v) is 11.1. The second-order valence-electron chi connectivity index (χ2n) is 8.31. The van der Waals surface area contributed by atoms with Crippen molar-refractivity contribution in [2.75, 3.05) is 24.5 Å². The molecule has 0 aliphatic carbocycles. The van der Waals surface area contributed by atoms with Crippen molar-refractivity contribution in [3.8, 4) is 5.75 Å². The van der Waals surface area contributed by atoms with E-state index in [1.807, 2.05) is 42.6 Å². The Morgan fingerprint density at radius 3 is 2.56 bits per heavy atom. The van der Waals surface area contributed by atoms with E-state index in [4.69, 9.17) is 0 Å². The highest BCUT2D eigenvalue weighted by Gasteiger charge is 2.25. The molecule has 1 amide bonds. The predicted octanol–water partition coefficient (Wildman–Crippen LogP) is 4.06. The monoisotopic (exact) mass is 426 g/mol. The molecule has 2 N–H and O–H groups in total. The van der Waals surface area contributed by atoms with Gasteiger partial charge in [-0.2, -0.15) is 0 Å². The molecular formula is C26H26N4O2. The van der Waals surface area contributed by atoms with Gasteiger partial charge in [0.15, 0.2) is 0 Å². The van der Waals surface area contributed by atoms with Crippen molar-refractivity contribution in [1.82, 2.24) is 15.3 Å². The average Bonchev–Trinajstić information content (AvgIpc) is 2.84. The maximum atomic E-state index is 12.7. The second kappa shape index (κ2) is 8.83. The Bertz CT molecular complexity index is 1260. The third-order valence-electron chi connectivity index (χ3n) is 6.28. The summed E-state index contributed by atoms with van der Waals surface area (Å²) in [7, 11) is 0. The summed E-state index contributed by atoms with van der Waals surface area (Å²) in [6.07, 6.45) is 4.16. The lowest BCUT2D eigenvalue weighted by molar-refractivity contribution is -0.125. The molecule has 6 nitrogen and oxygen atoms in total. The number of aromatic hydroxyl groups is 1. The molecule has 1 fully saturated rings. The van der Waals surface area contributed by atoms with Crippen molar-refractivity contribution in [2.45, 2.75) is 19.3 Å². The summed E-state index contributed by atoms with van der Waals surface area (Å²) in [6, 6.07) is 19.6. The number of aromatic nitrogens is 2. The first-order chi connectivity index (χ1) is 15.7. The number of hydrogen-bond acceptors (Lipinski definition) is 5. The number of nitrogens with one attached hydrogen (secondary N) is 1. The number of phenols is 1. The van der Waals surface area contributed by atoms with Gasteiger partial charge in [-0.3, -0.25) is 9.78 Å². The fourth-order valence-corrected chi connectivity index (χ4v) is 4.50.